The standard InChI is InChI=1S/C14H18O3S/c1-3-11-18(15,16)12-5-4-10-17-14-8-6-13(2)7-9-14/h1,6-9H,4-5,10-12H2,2H3. The van der Waals surface area contributed by atoms with E-state index >= 15 is 0 Å². The average Bonchev–Trinajstić information content (AvgIpc) is 2.31. The SMILES string of the molecule is C#CCS(=O)(=O)CCCCOc1ccc(C)cc1. The average molecular weight is 266 g/mol. The topological polar surface area (TPSA) is 43.4 Å². The molecular formula is C14H18O3S. The van der Waals surface area contributed by atoms with Gasteiger partial charge in [0.1, 0.15) is 11.5 Å². The van der Waals surface area contributed by atoms with Gasteiger partial charge in [-0.15, -0.1) is 6.42 Å². The van der Waals surface area contributed by atoms with Crippen molar-refractivity contribution in [2.75, 3.05) is 18.1 Å². The lowest BCUT2D eigenvalue weighted by molar-refractivity contribution is 0.309. The molecule has 1 aromatic carbocycles. The fourth-order valence-corrected chi connectivity index (χ4v) is 2.49. The molecule has 0 spiro atoms. The molecule has 0 atom stereocenters. The first-order valence-electron chi connectivity index (χ1n) is 5.87. The maximum Gasteiger partial charge on any atom is 0.161 e. The second-order valence-electron chi connectivity index (χ2n) is 4.16. The molecule has 1 rings (SSSR count). The highest BCUT2D eigenvalue weighted by Crippen LogP contribution is 2.11. The molecule has 4 heteroatoms. The number of hydrogen-bond acceptors (Lipinski definition) is 3. The van der Waals surface area contributed by atoms with Crippen LogP contribution in [0.4, 0.5) is 0 Å². The Balaban J connectivity index is 2.20. The highest BCUT2D eigenvalue weighted by Gasteiger charge is 2.07. The summed E-state index contributed by atoms with van der Waals surface area (Å²) in [5, 5.41) is 0. The van der Waals surface area contributed by atoms with Gasteiger partial charge in [-0.3, -0.25) is 0 Å². The Hall–Kier alpha value is -1.47. The Morgan fingerprint density at radius 1 is 1.22 bits per heavy atom. The van der Waals surface area contributed by atoms with Crippen LogP contribution in [0.1, 0.15) is 18.4 Å². The molecular weight excluding hydrogens is 248 g/mol. The van der Waals surface area contributed by atoms with Gasteiger partial charge in [0, 0.05) is 0 Å². The highest BCUT2D eigenvalue weighted by molar-refractivity contribution is 7.91. The van der Waals surface area contributed by atoms with Crippen LogP contribution in [0.3, 0.4) is 0 Å². The third-order valence-corrected chi connectivity index (χ3v) is 3.96. The number of sulfone groups is 1. The van der Waals surface area contributed by atoms with Gasteiger partial charge >= 0.3 is 0 Å². The van der Waals surface area contributed by atoms with Crippen molar-refractivity contribution in [1.29, 1.82) is 0 Å². The van der Waals surface area contributed by atoms with E-state index in [1.807, 2.05) is 31.2 Å². The summed E-state index contributed by atoms with van der Waals surface area (Å²) in [7, 11) is -3.07. The van der Waals surface area contributed by atoms with Crippen molar-refractivity contribution in [2.24, 2.45) is 0 Å². The smallest absolute Gasteiger partial charge is 0.161 e. The lowest BCUT2D eigenvalue weighted by Crippen LogP contribution is -2.10. The molecule has 98 valence electrons. The van der Waals surface area contributed by atoms with E-state index in [0.29, 0.717) is 19.4 Å². The fraction of sp³-hybridized carbons (Fsp3) is 0.429. The molecule has 0 N–H and O–H groups in total. The van der Waals surface area contributed by atoms with Gasteiger partial charge in [-0.05, 0) is 31.9 Å². The van der Waals surface area contributed by atoms with E-state index in [2.05, 4.69) is 5.92 Å². The Morgan fingerprint density at radius 3 is 2.50 bits per heavy atom. The van der Waals surface area contributed by atoms with E-state index in [0.717, 1.165) is 5.75 Å². The molecule has 0 aromatic heterocycles. The van der Waals surface area contributed by atoms with Crippen molar-refractivity contribution in [3.05, 3.63) is 29.8 Å². The number of ether oxygens (including phenoxy) is 1. The molecule has 0 aliphatic rings. The summed E-state index contributed by atoms with van der Waals surface area (Å²) in [4.78, 5) is 0. The Bertz CT molecular complexity index is 495. The molecule has 0 aliphatic carbocycles. The summed E-state index contributed by atoms with van der Waals surface area (Å²) in [6.45, 7) is 2.54. The Labute approximate surface area is 109 Å². The summed E-state index contributed by atoms with van der Waals surface area (Å²) < 4.78 is 28.1. The first-order chi connectivity index (χ1) is 8.53. The molecule has 0 unspecified atom stereocenters. The third kappa shape index (κ3) is 5.74. The van der Waals surface area contributed by atoms with Crippen molar-refractivity contribution >= 4 is 9.84 Å². The van der Waals surface area contributed by atoms with Gasteiger partial charge in [-0.1, -0.05) is 23.6 Å². The van der Waals surface area contributed by atoms with Crippen LogP contribution in [0.5, 0.6) is 5.75 Å². The van der Waals surface area contributed by atoms with Crippen molar-refractivity contribution in [2.45, 2.75) is 19.8 Å². The van der Waals surface area contributed by atoms with Crippen molar-refractivity contribution in [3.63, 3.8) is 0 Å². The number of aryl methyl sites for hydroxylation is 1. The lowest BCUT2D eigenvalue weighted by Gasteiger charge is -2.06. The largest absolute Gasteiger partial charge is 0.494 e. The third-order valence-electron chi connectivity index (χ3n) is 2.44. The van der Waals surface area contributed by atoms with Gasteiger partial charge in [0.05, 0.1) is 12.4 Å². The molecule has 0 saturated carbocycles. The summed E-state index contributed by atoms with van der Waals surface area (Å²) >= 11 is 0. The fourth-order valence-electron chi connectivity index (χ4n) is 1.45. The molecule has 3 nitrogen and oxygen atoms in total. The van der Waals surface area contributed by atoms with Gasteiger partial charge in [0.25, 0.3) is 0 Å². The maximum absolute atomic E-state index is 11.3. The normalized spacial score (nSPS) is 10.9. The summed E-state index contributed by atoms with van der Waals surface area (Å²) in [5.74, 6) is 2.93. The second kappa shape index (κ2) is 7.07. The van der Waals surface area contributed by atoms with Gasteiger partial charge in [0.15, 0.2) is 9.84 Å². The predicted octanol–water partition coefficient (Wildman–Crippen LogP) is 2.20. The van der Waals surface area contributed by atoms with E-state index in [1.54, 1.807) is 0 Å². The first-order valence-corrected chi connectivity index (χ1v) is 7.69. The van der Waals surface area contributed by atoms with Crippen molar-refractivity contribution in [3.8, 4) is 18.1 Å². The van der Waals surface area contributed by atoms with Gasteiger partial charge in [-0.25, -0.2) is 8.42 Å². The van der Waals surface area contributed by atoms with E-state index in [1.165, 1.54) is 5.56 Å². The maximum atomic E-state index is 11.3. The zero-order chi connectivity index (χ0) is 13.4. The summed E-state index contributed by atoms with van der Waals surface area (Å²) in [6, 6.07) is 7.77. The van der Waals surface area contributed by atoms with Crippen LogP contribution in [0.25, 0.3) is 0 Å². The number of rotatable bonds is 7. The predicted molar refractivity (Wildman–Crippen MR) is 73.4 cm³/mol. The van der Waals surface area contributed by atoms with Gasteiger partial charge < -0.3 is 4.74 Å². The molecule has 1 aromatic rings. The first kappa shape index (κ1) is 14.6. The van der Waals surface area contributed by atoms with Crippen LogP contribution in [0.15, 0.2) is 24.3 Å². The number of unbranched alkanes of at least 4 members (excludes halogenated alkanes) is 1. The summed E-state index contributed by atoms with van der Waals surface area (Å²) in [6.07, 6.45) is 6.26. The van der Waals surface area contributed by atoms with Gasteiger partial charge in [-0.2, -0.15) is 0 Å². The van der Waals surface area contributed by atoms with E-state index in [-0.39, 0.29) is 11.5 Å². The quantitative estimate of drug-likeness (QED) is 0.561. The monoisotopic (exact) mass is 266 g/mol. The van der Waals surface area contributed by atoms with Crippen molar-refractivity contribution < 1.29 is 13.2 Å². The molecule has 0 saturated heterocycles. The molecule has 0 fully saturated rings. The lowest BCUT2D eigenvalue weighted by atomic mass is 10.2. The molecule has 0 aliphatic heterocycles. The van der Waals surface area contributed by atoms with Crippen LogP contribution in [-0.2, 0) is 9.84 Å². The van der Waals surface area contributed by atoms with Crippen LogP contribution in [0.2, 0.25) is 0 Å². The zero-order valence-electron chi connectivity index (χ0n) is 10.6. The van der Waals surface area contributed by atoms with Crippen molar-refractivity contribution in [1.82, 2.24) is 0 Å². The summed E-state index contributed by atoms with van der Waals surface area (Å²) in [5.41, 5.74) is 1.18. The Morgan fingerprint density at radius 2 is 1.89 bits per heavy atom. The van der Waals surface area contributed by atoms with Crippen LogP contribution in [-0.4, -0.2) is 26.5 Å². The van der Waals surface area contributed by atoms with E-state index < -0.39 is 9.84 Å². The van der Waals surface area contributed by atoms with E-state index in [9.17, 15) is 8.42 Å². The van der Waals surface area contributed by atoms with Crippen LogP contribution in [0, 0.1) is 19.3 Å². The van der Waals surface area contributed by atoms with E-state index in [4.69, 9.17) is 11.2 Å². The minimum Gasteiger partial charge on any atom is -0.494 e. The molecule has 0 radical (unpaired) electrons. The molecule has 0 bridgehead atoms. The van der Waals surface area contributed by atoms with Crippen LogP contribution >= 0.6 is 0 Å². The highest BCUT2D eigenvalue weighted by atomic mass is 32.2. The minimum absolute atomic E-state index is 0.133. The number of terminal acetylenes is 1. The Kier molecular flexibility index (Phi) is 5.73. The molecule has 0 amide bonds. The van der Waals surface area contributed by atoms with Crippen LogP contribution < -0.4 is 4.74 Å². The zero-order valence-corrected chi connectivity index (χ0v) is 11.4. The van der Waals surface area contributed by atoms with Gasteiger partial charge in [0.2, 0.25) is 0 Å². The molecule has 0 heterocycles. The number of hydrogen-bond donors (Lipinski definition) is 0. The second-order valence-corrected chi connectivity index (χ2v) is 6.35. The minimum atomic E-state index is -3.07. The molecule has 18 heavy (non-hydrogen) atoms. The number of benzene rings is 1.